The summed E-state index contributed by atoms with van der Waals surface area (Å²) >= 11 is 0. The predicted molar refractivity (Wildman–Crippen MR) is 66.0 cm³/mol. The summed E-state index contributed by atoms with van der Waals surface area (Å²) in [6.07, 6.45) is -5.72. The molecule has 0 aliphatic carbocycles. The molecule has 2 aromatic rings. The summed E-state index contributed by atoms with van der Waals surface area (Å²) in [6.45, 7) is 1.85. The van der Waals surface area contributed by atoms with Crippen molar-refractivity contribution in [2.45, 2.75) is 31.4 Å². The topological polar surface area (TPSA) is 12.9 Å². The molecular formula is C14H10F7N. The van der Waals surface area contributed by atoms with Gasteiger partial charge in [0.05, 0.1) is 5.52 Å². The third kappa shape index (κ3) is 2.50. The average molecular weight is 325 g/mol. The first kappa shape index (κ1) is 16.5. The van der Waals surface area contributed by atoms with Crippen molar-refractivity contribution in [3.05, 3.63) is 41.6 Å². The molecule has 0 aliphatic heterocycles. The molecule has 0 radical (unpaired) electrons. The number of pyridine rings is 1. The van der Waals surface area contributed by atoms with Gasteiger partial charge in [0.2, 0.25) is 0 Å². The molecule has 0 saturated carbocycles. The number of halogens is 7. The zero-order chi connectivity index (χ0) is 16.8. The van der Waals surface area contributed by atoms with Crippen LogP contribution in [0.15, 0.2) is 30.3 Å². The lowest BCUT2D eigenvalue weighted by Gasteiger charge is -2.27. The van der Waals surface area contributed by atoms with E-state index in [-0.39, 0.29) is 5.52 Å². The highest BCUT2D eigenvalue weighted by atomic mass is 19.4. The van der Waals surface area contributed by atoms with E-state index in [0.29, 0.717) is 17.9 Å². The number of fused-ring (bicyclic) bond motifs is 1. The van der Waals surface area contributed by atoms with Crippen molar-refractivity contribution < 1.29 is 30.7 Å². The second kappa shape index (κ2) is 5.10. The summed E-state index contributed by atoms with van der Waals surface area (Å²) in [5.74, 6) is -11.7. The lowest BCUT2D eigenvalue weighted by Crippen LogP contribution is -2.50. The van der Waals surface area contributed by atoms with Crippen LogP contribution in [0, 0.1) is 0 Å². The Bertz CT molecular complexity index is 691. The minimum atomic E-state index is -6.38. The predicted octanol–water partition coefficient (Wildman–Crippen LogP) is 5.09. The number of rotatable bonds is 3. The van der Waals surface area contributed by atoms with E-state index in [2.05, 4.69) is 4.98 Å². The van der Waals surface area contributed by atoms with E-state index in [1.165, 1.54) is 6.07 Å². The molecule has 0 aliphatic rings. The van der Waals surface area contributed by atoms with Crippen LogP contribution < -0.4 is 0 Å². The molecule has 1 nitrogen and oxygen atoms in total. The van der Waals surface area contributed by atoms with E-state index in [0.717, 1.165) is 11.6 Å². The fourth-order valence-electron chi connectivity index (χ4n) is 1.91. The number of hydrogen-bond donors (Lipinski definition) is 0. The second-order valence-corrected chi connectivity index (χ2v) is 4.72. The Morgan fingerprint density at radius 1 is 0.909 bits per heavy atom. The van der Waals surface area contributed by atoms with Crippen LogP contribution in [0.2, 0.25) is 0 Å². The maximum atomic E-state index is 13.6. The quantitative estimate of drug-likeness (QED) is 0.717. The Hall–Kier alpha value is -1.86. The molecule has 0 saturated heterocycles. The lowest BCUT2D eigenvalue weighted by molar-refractivity contribution is -0.360. The van der Waals surface area contributed by atoms with Gasteiger partial charge < -0.3 is 0 Å². The van der Waals surface area contributed by atoms with Crippen molar-refractivity contribution >= 4 is 10.9 Å². The highest BCUT2D eigenvalue weighted by Crippen LogP contribution is 2.51. The Kier molecular flexibility index (Phi) is 3.83. The molecule has 0 N–H and O–H groups in total. The number of aryl methyl sites for hydroxylation is 1. The first-order chi connectivity index (χ1) is 10.0. The van der Waals surface area contributed by atoms with Crippen LogP contribution in [0.1, 0.15) is 18.2 Å². The SMILES string of the molecule is CCc1ccc2nc(C(F)(F)C(F)(F)C(F)(F)F)ccc2c1. The van der Waals surface area contributed by atoms with Gasteiger partial charge in [0.25, 0.3) is 0 Å². The highest BCUT2D eigenvalue weighted by Gasteiger charge is 2.74. The van der Waals surface area contributed by atoms with Crippen LogP contribution in [0.3, 0.4) is 0 Å². The summed E-state index contributed by atoms with van der Waals surface area (Å²) in [5, 5.41) is 0.384. The Labute approximate surface area is 120 Å². The van der Waals surface area contributed by atoms with Crippen LogP contribution in [0.25, 0.3) is 10.9 Å². The zero-order valence-electron chi connectivity index (χ0n) is 11.2. The van der Waals surface area contributed by atoms with Crippen LogP contribution in [0.5, 0.6) is 0 Å². The van der Waals surface area contributed by atoms with Gasteiger partial charge in [0, 0.05) is 5.39 Å². The van der Waals surface area contributed by atoms with Gasteiger partial charge in [-0.05, 0) is 30.2 Å². The normalized spacial score (nSPS) is 13.6. The number of hydrogen-bond acceptors (Lipinski definition) is 1. The maximum absolute atomic E-state index is 13.6. The van der Waals surface area contributed by atoms with E-state index in [4.69, 9.17) is 0 Å². The highest BCUT2D eigenvalue weighted by molar-refractivity contribution is 5.79. The van der Waals surface area contributed by atoms with Gasteiger partial charge in [-0.25, -0.2) is 4.98 Å². The van der Waals surface area contributed by atoms with Gasteiger partial charge in [-0.15, -0.1) is 0 Å². The first-order valence-electron chi connectivity index (χ1n) is 6.23. The van der Waals surface area contributed by atoms with Gasteiger partial charge in [-0.2, -0.15) is 30.7 Å². The van der Waals surface area contributed by atoms with Crippen molar-refractivity contribution in [1.82, 2.24) is 4.98 Å². The van der Waals surface area contributed by atoms with E-state index in [9.17, 15) is 30.7 Å². The molecule has 0 bridgehead atoms. The summed E-state index contributed by atoms with van der Waals surface area (Å²) in [4.78, 5) is 3.27. The molecule has 8 heteroatoms. The third-order valence-electron chi connectivity index (χ3n) is 3.23. The van der Waals surface area contributed by atoms with Crippen LogP contribution in [-0.2, 0) is 12.3 Å². The average Bonchev–Trinajstić information content (AvgIpc) is 2.44. The maximum Gasteiger partial charge on any atom is 0.460 e. The van der Waals surface area contributed by atoms with E-state index >= 15 is 0 Å². The molecule has 1 aromatic carbocycles. The molecule has 2 rings (SSSR count). The molecule has 0 spiro atoms. The zero-order valence-corrected chi connectivity index (χ0v) is 11.2. The van der Waals surface area contributed by atoms with Crippen molar-refractivity contribution in [1.29, 1.82) is 0 Å². The number of aromatic nitrogens is 1. The van der Waals surface area contributed by atoms with Gasteiger partial charge >= 0.3 is 18.0 Å². The monoisotopic (exact) mass is 325 g/mol. The summed E-state index contributed by atoms with van der Waals surface area (Å²) in [6, 6.07) is 5.99. The fourth-order valence-corrected chi connectivity index (χ4v) is 1.91. The van der Waals surface area contributed by atoms with E-state index in [1.807, 2.05) is 6.92 Å². The van der Waals surface area contributed by atoms with Crippen molar-refractivity contribution in [3.63, 3.8) is 0 Å². The molecule has 0 unspecified atom stereocenters. The molecule has 0 fully saturated rings. The fraction of sp³-hybridized carbons (Fsp3) is 0.357. The molecule has 0 amide bonds. The molecular weight excluding hydrogens is 315 g/mol. The molecule has 0 atom stereocenters. The summed E-state index contributed by atoms with van der Waals surface area (Å²) in [7, 11) is 0. The van der Waals surface area contributed by atoms with E-state index in [1.54, 1.807) is 12.1 Å². The van der Waals surface area contributed by atoms with Crippen LogP contribution in [0.4, 0.5) is 30.7 Å². The van der Waals surface area contributed by atoms with Gasteiger partial charge in [-0.3, -0.25) is 0 Å². The first-order valence-corrected chi connectivity index (χ1v) is 6.23. The lowest BCUT2D eigenvalue weighted by atomic mass is 10.0. The Balaban J connectivity index is 2.54. The van der Waals surface area contributed by atoms with Crippen molar-refractivity contribution in [2.75, 3.05) is 0 Å². The summed E-state index contributed by atoms with van der Waals surface area (Å²) in [5.41, 5.74) is -0.839. The third-order valence-corrected chi connectivity index (χ3v) is 3.23. The van der Waals surface area contributed by atoms with Gasteiger partial charge in [0.15, 0.2) is 0 Å². The van der Waals surface area contributed by atoms with Crippen molar-refractivity contribution in [3.8, 4) is 0 Å². The largest absolute Gasteiger partial charge is 0.460 e. The number of benzene rings is 1. The molecule has 1 heterocycles. The summed E-state index contributed by atoms with van der Waals surface area (Å²) < 4.78 is 89.6. The van der Waals surface area contributed by atoms with Crippen molar-refractivity contribution in [2.24, 2.45) is 0 Å². The van der Waals surface area contributed by atoms with Crippen LogP contribution in [-0.4, -0.2) is 17.1 Å². The van der Waals surface area contributed by atoms with Gasteiger partial charge in [-0.1, -0.05) is 19.1 Å². The smallest absolute Gasteiger partial charge is 0.246 e. The minimum absolute atomic E-state index is 0.0765. The molecule has 22 heavy (non-hydrogen) atoms. The standard InChI is InChI=1S/C14H10F7N/c1-2-8-3-5-10-9(7-8)4-6-11(22-10)12(15,16)13(17,18)14(19,20)21/h3-7H,2H2,1H3. The Morgan fingerprint density at radius 3 is 2.09 bits per heavy atom. The minimum Gasteiger partial charge on any atom is -0.246 e. The number of nitrogens with zero attached hydrogens (tertiary/aromatic N) is 1. The Morgan fingerprint density at radius 2 is 1.55 bits per heavy atom. The number of alkyl halides is 7. The molecule has 1 aromatic heterocycles. The molecule has 120 valence electrons. The van der Waals surface area contributed by atoms with Crippen LogP contribution >= 0.6 is 0 Å². The van der Waals surface area contributed by atoms with Gasteiger partial charge in [0.1, 0.15) is 5.69 Å². The van der Waals surface area contributed by atoms with E-state index < -0.39 is 23.7 Å². The second-order valence-electron chi connectivity index (χ2n) is 4.72.